The number of amides is 2. The third kappa shape index (κ3) is 3.36. The summed E-state index contributed by atoms with van der Waals surface area (Å²) in [7, 11) is 1.62. The number of nitrogens with zero attached hydrogens (tertiary/aromatic N) is 2. The van der Waals surface area contributed by atoms with Crippen molar-refractivity contribution in [3.8, 4) is 11.3 Å². The van der Waals surface area contributed by atoms with Gasteiger partial charge in [-0.2, -0.15) is 0 Å². The molecule has 2 heterocycles. The van der Waals surface area contributed by atoms with Gasteiger partial charge in [0, 0.05) is 36.3 Å². The summed E-state index contributed by atoms with van der Waals surface area (Å²) in [5, 5.41) is 4.85. The molecule has 4 rings (SSSR count). The second-order valence-corrected chi connectivity index (χ2v) is 7.09. The molecule has 0 spiro atoms. The summed E-state index contributed by atoms with van der Waals surface area (Å²) in [6, 6.07) is 17.2. The first-order valence-corrected chi connectivity index (χ1v) is 9.66. The second kappa shape index (κ2) is 7.80. The van der Waals surface area contributed by atoms with E-state index in [1.807, 2.05) is 48.5 Å². The molecular weight excluding hydrogens is 350 g/mol. The van der Waals surface area contributed by atoms with Crippen LogP contribution in [0.25, 0.3) is 22.0 Å². The van der Waals surface area contributed by atoms with Gasteiger partial charge in [0.2, 0.25) is 5.91 Å². The number of carbonyl (C=O) groups excluding carboxylic acids is 2. The summed E-state index contributed by atoms with van der Waals surface area (Å²) < 4.78 is 0. The van der Waals surface area contributed by atoms with E-state index in [1.165, 1.54) is 0 Å². The molecule has 1 saturated heterocycles. The van der Waals surface area contributed by atoms with Crippen molar-refractivity contribution in [2.75, 3.05) is 13.6 Å². The fraction of sp³-hybridized carbons (Fsp3) is 0.261. The lowest BCUT2D eigenvalue weighted by atomic mass is 9.98. The fourth-order valence-corrected chi connectivity index (χ4v) is 3.93. The van der Waals surface area contributed by atoms with Gasteiger partial charge >= 0.3 is 0 Å². The standard InChI is InChI=1S/C23H23N3O2/c1-24-22(27)20-11-4-5-14-26(20)23(28)18-9-6-8-17(15-18)21-19-10-3-2-7-16(19)12-13-25-21/h2-3,6-10,12-13,15,20H,4-5,11,14H2,1H3,(H,24,27)/t20-/m0/s1. The van der Waals surface area contributed by atoms with Crippen LogP contribution in [0.15, 0.2) is 60.8 Å². The van der Waals surface area contributed by atoms with Gasteiger partial charge in [-0.05, 0) is 42.8 Å². The summed E-state index contributed by atoms with van der Waals surface area (Å²) in [6.07, 6.45) is 4.38. The molecule has 0 radical (unpaired) electrons. The van der Waals surface area contributed by atoms with Crippen LogP contribution in [-0.4, -0.2) is 41.3 Å². The van der Waals surface area contributed by atoms with Gasteiger partial charge in [0.15, 0.2) is 0 Å². The lowest BCUT2D eigenvalue weighted by Crippen LogP contribution is -2.51. The molecule has 2 aromatic carbocycles. The monoisotopic (exact) mass is 373 g/mol. The Labute approximate surface area is 164 Å². The normalized spacial score (nSPS) is 16.8. The predicted molar refractivity (Wildman–Crippen MR) is 110 cm³/mol. The number of benzene rings is 2. The lowest BCUT2D eigenvalue weighted by Gasteiger charge is -2.34. The Morgan fingerprint density at radius 3 is 2.79 bits per heavy atom. The van der Waals surface area contributed by atoms with E-state index >= 15 is 0 Å². The van der Waals surface area contributed by atoms with Crippen LogP contribution in [0.5, 0.6) is 0 Å². The molecule has 1 atom stereocenters. The van der Waals surface area contributed by atoms with Gasteiger partial charge in [0.1, 0.15) is 6.04 Å². The molecule has 0 unspecified atom stereocenters. The fourth-order valence-electron chi connectivity index (χ4n) is 3.93. The number of fused-ring (bicyclic) bond motifs is 1. The van der Waals surface area contributed by atoms with Gasteiger partial charge in [0.05, 0.1) is 5.69 Å². The van der Waals surface area contributed by atoms with Gasteiger partial charge in [0.25, 0.3) is 5.91 Å². The van der Waals surface area contributed by atoms with Crippen LogP contribution in [-0.2, 0) is 4.79 Å². The highest BCUT2D eigenvalue weighted by Crippen LogP contribution is 2.28. The first-order valence-electron chi connectivity index (χ1n) is 9.66. The molecule has 3 aromatic rings. The van der Waals surface area contributed by atoms with E-state index in [9.17, 15) is 9.59 Å². The number of likely N-dealkylation sites (N-methyl/N-ethyl adjacent to an activating group) is 1. The van der Waals surface area contributed by atoms with Crippen LogP contribution < -0.4 is 5.32 Å². The molecule has 0 aliphatic carbocycles. The maximum absolute atomic E-state index is 13.2. The van der Waals surface area contributed by atoms with E-state index in [-0.39, 0.29) is 11.8 Å². The molecule has 5 nitrogen and oxygen atoms in total. The molecular formula is C23H23N3O2. The first kappa shape index (κ1) is 18.2. The van der Waals surface area contributed by atoms with Gasteiger partial charge in [-0.15, -0.1) is 0 Å². The zero-order chi connectivity index (χ0) is 19.5. The number of hydrogen-bond donors (Lipinski definition) is 1. The Hall–Kier alpha value is -3.21. The van der Waals surface area contributed by atoms with Gasteiger partial charge in [-0.1, -0.05) is 36.4 Å². The number of rotatable bonds is 3. The van der Waals surface area contributed by atoms with Crippen molar-refractivity contribution in [2.24, 2.45) is 0 Å². The second-order valence-electron chi connectivity index (χ2n) is 7.09. The third-order valence-corrected chi connectivity index (χ3v) is 5.37. The van der Waals surface area contributed by atoms with Crippen molar-refractivity contribution < 1.29 is 9.59 Å². The van der Waals surface area contributed by atoms with E-state index in [0.29, 0.717) is 18.5 Å². The van der Waals surface area contributed by atoms with Gasteiger partial charge in [-0.3, -0.25) is 14.6 Å². The Morgan fingerprint density at radius 1 is 1.07 bits per heavy atom. The van der Waals surface area contributed by atoms with Crippen molar-refractivity contribution >= 4 is 22.6 Å². The molecule has 28 heavy (non-hydrogen) atoms. The summed E-state index contributed by atoms with van der Waals surface area (Å²) >= 11 is 0. The molecule has 2 amide bonds. The molecule has 0 bridgehead atoms. The predicted octanol–water partition coefficient (Wildman–Crippen LogP) is 3.64. The van der Waals surface area contributed by atoms with E-state index in [2.05, 4.69) is 16.4 Å². The average Bonchev–Trinajstić information content (AvgIpc) is 2.77. The molecule has 0 saturated carbocycles. The highest BCUT2D eigenvalue weighted by Gasteiger charge is 2.32. The summed E-state index contributed by atoms with van der Waals surface area (Å²) in [5.74, 6) is -0.199. The molecule has 1 fully saturated rings. The zero-order valence-electron chi connectivity index (χ0n) is 15.9. The summed E-state index contributed by atoms with van der Waals surface area (Å²) in [6.45, 7) is 0.605. The van der Waals surface area contributed by atoms with Crippen LogP contribution in [0.3, 0.4) is 0 Å². The molecule has 1 aliphatic rings. The van der Waals surface area contributed by atoms with Crippen molar-refractivity contribution in [3.05, 3.63) is 66.4 Å². The molecule has 1 N–H and O–H groups in total. The number of aromatic nitrogens is 1. The highest BCUT2D eigenvalue weighted by atomic mass is 16.2. The van der Waals surface area contributed by atoms with Crippen molar-refractivity contribution in [1.29, 1.82) is 0 Å². The quantitative estimate of drug-likeness (QED) is 0.762. The van der Waals surface area contributed by atoms with Crippen LogP contribution >= 0.6 is 0 Å². The number of carbonyl (C=O) groups is 2. The zero-order valence-corrected chi connectivity index (χ0v) is 15.9. The average molecular weight is 373 g/mol. The molecule has 1 aromatic heterocycles. The third-order valence-electron chi connectivity index (χ3n) is 5.37. The first-order chi connectivity index (χ1) is 13.7. The van der Waals surface area contributed by atoms with Crippen molar-refractivity contribution in [2.45, 2.75) is 25.3 Å². The number of hydrogen-bond acceptors (Lipinski definition) is 3. The Balaban J connectivity index is 1.70. The van der Waals surface area contributed by atoms with Crippen LogP contribution in [0.4, 0.5) is 0 Å². The SMILES string of the molecule is CNC(=O)[C@@H]1CCCCN1C(=O)c1cccc(-c2nccc3ccccc23)c1. The van der Waals surface area contributed by atoms with Gasteiger partial charge in [-0.25, -0.2) is 0 Å². The van der Waals surface area contributed by atoms with Crippen LogP contribution in [0.2, 0.25) is 0 Å². The minimum Gasteiger partial charge on any atom is -0.357 e. The van der Waals surface area contributed by atoms with E-state index < -0.39 is 6.04 Å². The van der Waals surface area contributed by atoms with E-state index in [1.54, 1.807) is 18.1 Å². The van der Waals surface area contributed by atoms with E-state index in [0.717, 1.165) is 34.9 Å². The van der Waals surface area contributed by atoms with Gasteiger partial charge < -0.3 is 10.2 Å². The number of pyridine rings is 1. The Kier molecular flexibility index (Phi) is 5.06. The summed E-state index contributed by atoms with van der Waals surface area (Å²) in [5.41, 5.74) is 2.34. The topological polar surface area (TPSA) is 62.3 Å². The van der Waals surface area contributed by atoms with Crippen LogP contribution in [0.1, 0.15) is 29.6 Å². The largest absolute Gasteiger partial charge is 0.357 e. The Bertz CT molecular complexity index is 1030. The maximum Gasteiger partial charge on any atom is 0.254 e. The van der Waals surface area contributed by atoms with Crippen molar-refractivity contribution in [1.82, 2.24) is 15.2 Å². The summed E-state index contributed by atoms with van der Waals surface area (Å²) in [4.78, 5) is 31.7. The minimum absolute atomic E-state index is 0.0973. The van der Waals surface area contributed by atoms with Crippen molar-refractivity contribution in [3.63, 3.8) is 0 Å². The van der Waals surface area contributed by atoms with Crippen LogP contribution in [0, 0.1) is 0 Å². The lowest BCUT2D eigenvalue weighted by molar-refractivity contribution is -0.126. The highest BCUT2D eigenvalue weighted by molar-refractivity contribution is 6.00. The maximum atomic E-state index is 13.2. The minimum atomic E-state index is -0.398. The molecule has 5 heteroatoms. The van der Waals surface area contributed by atoms with E-state index in [4.69, 9.17) is 0 Å². The Morgan fingerprint density at radius 2 is 1.93 bits per heavy atom. The number of piperidine rings is 1. The number of likely N-dealkylation sites (tertiary alicyclic amines) is 1. The smallest absolute Gasteiger partial charge is 0.254 e. The molecule has 1 aliphatic heterocycles. The molecule has 142 valence electrons. The number of nitrogens with one attached hydrogen (secondary N) is 1.